The number of nitrogens with two attached hydrogens (primary N) is 1. The average Bonchev–Trinajstić information content (AvgIpc) is 2.72. The molecule has 0 bridgehead atoms. The van der Waals surface area contributed by atoms with Crippen molar-refractivity contribution in [1.82, 2.24) is 4.90 Å². The smallest absolute Gasteiger partial charge is 0.219 e. The average molecular weight is 272 g/mol. The van der Waals surface area contributed by atoms with Crippen LogP contribution in [-0.2, 0) is 11.3 Å². The van der Waals surface area contributed by atoms with E-state index in [1.54, 1.807) is 6.92 Å². The topological polar surface area (TPSA) is 73.4 Å². The SMILES string of the molecule is CC(=O)N1CCCN(c2ccc(CN)cc2C#N)CC1. The Morgan fingerprint density at radius 1 is 1.35 bits per heavy atom. The predicted octanol–water partition coefficient (Wildman–Crippen LogP) is 1.08. The summed E-state index contributed by atoms with van der Waals surface area (Å²) in [6.07, 6.45) is 0.920. The van der Waals surface area contributed by atoms with Crippen LogP contribution in [0.4, 0.5) is 5.69 Å². The second kappa shape index (κ2) is 6.40. The molecule has 0 aliphatic carbocycles. The van der Waals surface area contributed by atoms with Crippen LogP contribution in [0.15, 0.2) is 18.2 Å². The summed E-state index contributed by atoms with van der Waals surface area (Å²) >= 11 is 0. The molecule has 0 radical (unpaired) electrons. The zero-order chi connectivity index (χ0) is 14.5. The van der Waals surface area contributed by atoms with Crippen molar-refractivity contribution in [2.45, 2.75) is 19.9 Å². The molecule has 0 atom stereocenters. The van der Waals surface area contributed by atoms with E-state index in [1.165, 1.54) is 0 Å². The summed E-state index contributed by atoms with van der Waals surface area (Å²) in [4.78, 5) is 15.5. The fourth-order valence-electron chi connectivity index (χ4n) is 2.55. The number of rotatable bonds is 2. The monoisotopic (exact) mass is 272 g/mol. The molecular formula is C15H20N4O. The van der Waals surface area contributed by atoms with Crippen molar-refractivity contribution < 1.29 is 4.79 Å². The van der Waals surface area contributed by atoms with Crippen LogP contribution in [-0.4, -0.2) is 37.0 Å². The minimum atomic E-state index is 0.117. The van der Waals surface area contributed by atoms with Gasteiger partial charge in [0, 0.05) is 39.6 Å². The molecule has 1 aromatic rings. The summed E-state index contributed by atoms with van der Waals surface area (Å²) in [5, 5.41) is 9.30. The van der Waals surface area contributed by atoms with Gasteiger partial charge in [-0.2, -0.15) is 5.26 Å². The standard InChI is InChI=1S/C15H20N4O/c1-12(20)18-5-2-6-19(8-7-18)15-4-3-13(10-16)9-14(15)11-17/h3-4,9H,2,5-8,10,16H2,1H3. The number of nitriles is 1. The van der Waals surface area contributed by atoms with E-state index in [1.807, 2.05) is 23.1 Å². The second-order valence-corrected chi connectivity index (χ2v) is 5.01. The maximum atomic E-state index is 11.4. The van der Waals surface area contributed by atoms with Crippen molar-refractivity contribution in [2.24, 2.45) is 5.73 Å². The Morgan fingerprint density at radius 2 is 2.15 bits per heavy atom. The summed E-state index contributed by atoms with van der Waals surface area (Å²) in [6, 6.07) is 8.02. The Balaban J connectivity index is 2.19. The molecule has 20 heavy (non-hydrogen) atoms. The largest absolute Gasteiger partial charge is 0.369 e. The molecule has 106 valence electrons. The van der Waals surface area contributed by atoms with Crippen LogP contribution in [0.25, 0.3) is 0 Å². The van der Waals surface area contributed by atoms with Crippen molar-refractivity contribution >= 4 is 11.6 Å². The van der Waals surface area contributed by atoms with Crippen molar-refractivity contribution in [2.75, 3.05) is 31.1 Å². The van der Waals surface area contributed by atoms with Gasteiger partial charge in [-0.05, 0) is 24.1 Å². The molecule has 0 spiro atoms. The number of hydrogen-bond acceptors (Lipinski definition) is 4. The number of nitrogens with zero attached hydrogens (tertiary/aromatic N) is 3. The Kier molecular flexibility index (Phi) is 4.59. The minimum absolute atomic E-state index is 0.117. The molecule has 5 heteroatoms. The molecule has 1 saturated heterocycles. The minimum Gasteiger partial charge on any atom is -0.369 e. The highest BCUT2D eigenvalue weighted by atomic mass is 16.2. The molecule has 2 rings (SSSR count). The van der Waals surface area contributed by atoms with Gasteiger partial charge in [0.25, 0.3) is 0 Å². The number of carbonyl (C=O) groups is 1. The van der Waals surface area contributed by atoms with Crippen LogP contribution in [0.2, 0.25) is 0 Å². The van der Waals surface area contributed by atoms with Crippen LogP contribution in [0.3, 0.4) is 0 Å². The quantitative estimate of drug-likeness (QED) is 0.874. The van der Waals surface area contributed by atoms with Gasteiger partial charge in [-0.3, -0.25) is 4.79 Å². The van der Waals surface area contributed by atoms with Crippen molar-refractivity contribution in [3.8, 4) is 6.07 Å². The molecular weight excluding hydrogens is 252 g/mol. The van der Waals surface area contributed by atoms with E-state index < -0.39 is 0 Å². The van der Waals surface area contributed by atoms with E-state index >= 15 is 0 Å². The fourth-order valence-corrected chi connectivity index (χ4v) is 2.55. The molecule has 1 aromatic carbocycles. The number of carbonyl (C=O) groups excluding carboxylic acids is 1. The first-order valence-corrected chi connectivity index (χ1v) is 6.89. The molecule has 1 aliphatic heterocycles. The van der Waals surface area contributed by atoms with Crippen molar-refractivity contribution in [3.63, 3.8) is 0 Å². The lowest BCUT2D eigenvalue weighted by Gasteiger charge is -2.24. The molecule has 0 unspecified atom stereocenters. The van der Waals surface area contributed by atoms with Crippen LogP contribution in [0.1, 0.15) is 24.5 Å². The molecule has 2 N–H and O–H groups in total. The molecule has 1 fully saturated rings. The first kappa shape index (κ1) is 14.4. The lowest BCUT2D eigenvalue weighted by atomic mass is 10.1. The highest BCUT2D eigenvalue weighted by Gasteiger charge is 2.18. The maximum absolute atomic E-state index is 11.4. The van der Waals surface area contributed by atoms with E-state index in [2.05, 4.69) is 11.0 Å². The number of amides is 1. The van der Waals surface area contributed by atoms with E-state index in [0.29, 0.717) is 18.7 Å². The van der Waals surface area contributed by atoms with Crippen LogP contribution >= 0.6 is 0 Å². The molecule has 0 aromatic heterocycles. The third kappa shape index (κ3) is 3.09. The summed E-state index contributed by atoms with van der Waals surface area (Å²) in [7, 11) is 0. The Bertz CT molecular complexity index is 535. The summed E-state index contributed by atoms with van der Waals surface area (Å²) in [5.74, 6) is 0.117. The van der Waals surface area contributed by atoms with Gasteiger partial charge in [-0.1, -0.05) is 6.07 Å². The van der Waals surface area contributed by atoms with Crippen molar-refractivity contribution in [3.05, 3.63) is 29.3 Å². The Hall–Kier alpha value is -2.06. The van der Waals surface area contributed by atoms with Crippen LogP contribution in [0, 0.1) is 11.3 Å². The maximum Gasteiger partial charge on any atom is 0.219 e. The number of benzene rings is 1. The third-order valence-electron chi connectivity index (χ3n) is 3.70. The highest BCUT2D eigenvalue weighted by molar-refractivity contribution is 5.73. The normalized spacial score (nSPS) is 15.7. The molecule has 1 heterocycles. The predicted molar refractivity (Wildman–Crippen MR) is 78.1 cm³/mol. The molecule has 0 saturated carbocycles. The van der Waals surface area contributed by atoms with Gasteiger partial charge in [-0.15, -0.1) is 0 Å². The third-order valence-corrected chi connectivity index (χ3v) is 3.70. The van der Waals surface area contributed by atoms with Crippen LogP contribution in [0.5, 0.6) is 0 Å². The summed E-state index contributed by atoms with van der Waals surface area (Å²) < 4.78 is 0. The van der Waals surface area contributed by atoms with E-state index in [0.717, 1.165) is 37.3 Å². The molecule has 1 amide bonds. The number of hydrogen-bond donors (Lipinski definition) is 1. The van der Waals surface area contributed by atoms with Gasteiger partial charge < -0.3 is 15.5 Å². The summed E-state index contributed by atoms with van der Waals surface area (Å²) in [6.45, 7) is 5.16. The zero-order valence-electron chi connectivity index (χ0n) is 11.8. The Labute approximate surface area is 119 Å². The zero-order valence-corrected chi connectivity index (χ0v) is 11.8. The van der Waals surface area contributed by atoms with Gasteiger partial charge in [-0.25, -0.2) is 0 Å². The molecule has 5 nitrogen and oxygen atoms in total. The first-order valence-electron chi connectivity index (χ1n) is 6.89. The van der Waals surface area contributed by atoms with E-state index in [-0.39, 0.29) is 5.91 Å². The highest BCUT2D eigenvalue weighted by Crippen LogP contribution is 2.23. The van der Waals surface area contributed by atoms with Crippen LogP contribution < -0.4 is 10.6 Å². The van der Waals surface area contributed by atoms with Gasteiger partial charge in [0.05, 0.1) is 11.3 Å². The first-order chi connectivity index (χ1) is 9.65. The fraction of sp³-hybridized carbons (Fsp3) is 0.467. The number of anilines is 1. The van der Waals surface area contributed by atoms with Crippen molar-refractivity contribution in [1.29, 1.82) is 5.26 Å². The summed E-state index contributed by atoms with van der Waals surface area (Å²) in [5.41, 5.74) is 8.17. The van der Waals surface area contributed by atoms with E-state index in [9.17, 15) is 10.1 Å². The van der Waals surface area contributed by atoms with Gasteiger partial charge in [0.15, 0.2) is 0 Å². The van der Waals surface area contributed by atoms with E-state index in [4.69, 9.17) is 5.73 Å². The lowest BCUT2D eigenvalue weighted by molar-refractivity contribution is -0.128. The lowest BCUT2D eigenvalue weighted by Crippen LogP contribution is -2.33. The van der Waals surface area contributed by atoms with Gasteiger partial charge in [0.2, 0.25) is 5.91 Å². The second-order valence-electron chi connectivity index (χ2n) is 5.01. The van der Waals surface area contributed by atoms with Gasteiger partial charge in [0.1, 0.15) is 6.07 Å². The molecule has 1 aliphatic rings. The van der Waals surface area contributed by atoms with Gasteiger partial charge >= 0.3 is 0 Å². The Morgan fingerprint density at radius 3 is 2.80 bits per heavy atom.